The number of nitrogens with zero attached hydrogens (tertiary/aromatic N) is 5. The molecule has 1 saturated carbocycles. The summed E-state index contributed by atoms with van der Waals surface area (Å²) in [4.78, 5) is 6.53. The SMILES string of the molecule is COc1ccc(Cn2ncc(C#N)c2C(c2cccc(NCc3ncc(CN4CCC[C@H](C)C4)cc3C(F)(F)F)c2)C2CCC2)cc1. The van der Waals surface area contributed by atoms with Gasteiger partial charge in [-0.2, -0.15) is 23.5 Å². The van der Waals surface area contributed by atoms with Gasteiger partial charge in [-0.05, 0) is 91.1 Å². The molecule has 47 heavy (non-hydrogen) atoms. The molecule has 0 bridgehead atoms. The Hall–Kier alpha value is -4.36. The molecule has 0 radical (unpaired) electrons. The van der Waals surface area contributed by atoms with Crippen LogP contribution in [-0.2, 0) is 25.8 Å². The Labute approximate surface area is 274 Å². The molecule has 2 aliphatic rings. The van der Waals surface area contributed by atoms with Crippen molar-refractivity contribution < 1.29 is 17.9 Å². The molecule has 4 aromatic rings. The summed E-state index contributed by atoms with van der Waals surface area (Å²) in [6.45, 7) is 4.88. The lowest BCUT2D eigenvalue weighted by Crippen LogP contribution is -2.33. The average Bonchev–Trinajstić information content (AvgIpc) is 3.44. The quantitative estimate of drug-likeness (QED) is 0.179. The van der Waals surface area contributed by atoms with Gasteiger partial charge in [0.25, 0.3) is 0 Å². The summed E-state index contributed by atoms with van der Waals surface area (Å²) in [7, 11) is 1.63. The number of hydrogen-bond donors (Lipinski definition) is 1. The van der Waals surface area contributed by atoms with Gasteiger partial charge in [0.15, 0.2) is 0 Å². The van der Waals surface area contributed by atoms with Crippen LogP contribution in [0.25, 0.3) is 0 Å². The zero-order chi connectivity index (χ0) is 33.0. The number of likely N-dealkylation sites (tertiary alicyclic amines) is 1. The minimum Gasteiger partial charge on any atom is -0.497 e. The van der Waals surface area contributed by atoms with Crippen LogP contribution in [0.1, 0.15) is 84.2 Å². The fourth-order valence-corrected chi connectivity index (χ4v) is 6.99. The predicted octanol–water partition coefficient (Wildman–Crippen LogP) is 8.00. The number of rotatable bonds is 11. The number of ether oxygens (including phenoxy) is 1. The summed E-state index contributed by atoms with van der Waals surface area (Å²) in [5.74, 6) is 1.56. The van der Waals surface area contributed by atoms with Crippen molar-refractivity contribution in [2.45, 2.75) is 70.8 Å². The van der Waals surface area contributed by atoms with E-state index in [1.165, 1.54) is 6.07 Å². The molecule has 1 N–H and O–H groups in total. The first kappa shape index (κ1) is 32.6. The normalized spacial score (nSPS) is 17.9. The largest absolute Gasteiger partial charge is 0.497 e. The van der Waals surface area contributed by atoms with Crippen LogP contribution in [0.2, 0.25) is 0 Å². The third-order valence-corrected chi connectivity index (χ3v) is 9.59. The summed E-state index contributed by atoms with van der Waals surface area (Å²) < 4.78 is 49.9. The Morgan fingerprint density at radius 2 is 1.83 bits per heavy atom. The van der Waals surface area contributed by atoms with Crippen LogP contribution in [0.4, 0.5) is 18.9 Å². The highest BCUT2D eigenvalue weighted by molar-refractivity contribution is 5.50. The molecule has 246 valence electrons. The molecule has 1 saturated heterocycles. The molecule has 1 aliphatic heterocycles. The van der Waals surface area contributed by atoms with E-state index >= 15 is 0 Å². The van der Waals surface area contributed by atoms with E-state index in [0.717, 1.165) is 67.8 Å². The summed E-state index contributed by atoms with van der Waals surface area (Å²) in [5, 5.41) is 17.9. The van der Waals surface area contributed by atoms with Gasteiger partial charge in [0.1, 0.15) is 11.8 Å². The van der Waals surface area contributed by atoms with Crippen molar-refractivity contribution >= 4 is 5.69 Å². The second-order valence-electron chi connectivity index (χ2n) is 13.0. The number of aromatic nitrogens is 3. The first-order valence-corrected chi connectivity index (χ1v) is 16.4. The number of piperidine rings is 1. The molecular weight excluding hydrogens is 601 g/mol. The molecule has 2 aromatic carbocycles. The molecule has 2 atom stereocenters. The van der Waals surface area contributed by atoms with Crippen molar-refractivity contribution in [3.8, 4) is 11.8 Å². The fraction of sp³-hybridized carbons (Fsp3) is 0.432. The Morgan fingerprint density at radius 3 is 2.51 bits per heavy atom. The molecule has 7 nitrogen and oxygen atoms in total. The van der Waals surface area contributed by atoms with Crippen molar-refractivity contribution in [3.63, 3.8) is 0 Å². The van der Waals surface area contributed by atoms with Crippen LogP contribution in [0.3, 0.4) is 0 Å². The van der Waals surface area contributed by atoms with Crippen LogP contribution < -0.4 is 10.1 Å². The van der Waals surface area contributed by atoms with E-state index in [9.17, 15) is 18.4 Å². The molecule has 0 spiro atoms. The van der Waals surface area contributed by atoms with Gasteiger partial charge in [-0.15, -0.1) is 0 Å². The topological polar surface area (TPSA) is 79.0 Å². The van der Waals surface area contributed by atoms with Crippen molar-refractivity contribution in [1.29, 1.82) is 5.26 Å². The Bertz CT molecular complexity index is 1710. The maximum atomic E-state index is 14.2. The van der Waals surface area contributed by atoms with Gasteiger partial charge in [0.2, 0.25) is 0 Å². The second kappa shape index (κ2) is 14.2. The molecule has 3 heterocycles. The predicted molar refractivity (Wildman–Crippen MR) is 175 cm³/mol. The fourth-order valence-electron chi connectivity index (χ4n) is 6.99. The van der Waals surface area contributed by atoms with Crippen LogP contribution in [0.5, 0.6) is 5.75 Å². The van der Waals surface area contributed by atoms with E-state index in [1.807, 2.05) is 53.2 Å². The van der Waals surface area contributed by atoms with Crippen LogP contribution in [0, 0.1) is 23.2 Å². The first-order valence-electron chi connectivity index (χ1n) is 16.4. The van der Waals surface area contributed by atoms with E-state index in [1.54, 1.807) is 19.5 Å². The van der Waals surface area contributed by atoms with E-state index in [4.69, 9.17) is 4.74 Å². The summed E-state index contributed by atoms with van der Waals surface area (Å²) >= 11 is 0. The monoisotopic (exact) mass is 642 g/mol. The van der Waals surface area contributed by atoms with Gasteiger partial charge in [0.05, 0.1) is 48.9 Å². The third-order valence-electron chi connectivity index (χ3n) is 9.59. The zero-order valence-electron chi connectivity index (χ0n) is 26.9. The molecule has 0 amide bonds. The van der Waals surface area contributed by atoms with Crippen molar-refractivity contribution in [3.05, 3.63) is 106 Å². The average molecular weight is 643 g/mol. The number of halogens is 3. The smallest absolute Gasteiger partial charge is 0.418 e. The number of hydrogen-bond acceptors (Lipinski definition) is 6. The van der Waals surface area contributed by atoms with Crippen LogP contribution in [-0.4, -0.2) is 39.9 Å². The van der Waals surface area contributed by atoms with Gasteiger partial charge in [0, 0.05) is 30.9 Å². The van der Waals surface area contributed by atoms with Gasteiger partial charge < -0.3 is 10.1 Å². The van der Waals surface area contributed by atoms with Gasteiger partial charge in [-0.25, -0.2) is 0 Å². The minimum atomic E-state index is -4.51. The molecule has 2 fully saturated rings. The molecule has 6 rings (SSSR count). The molecule has 1 unspecified atom stereocenters. The number of benzene rings is 2. The van der Waals surface area contributed by atoms with Gasteiger partial charge >= 0.3 is 6.18 Å². The lowest BCUT2D eigenvalue weighted by molar-refractivity contribution is -0.138. The zero-order valence-corrected chi connectivity index (χ0v) is 26.9. The number of methoxy groups -OCH3 is 1. The Kier molecular flexibility index (Phi) is 9.83. The van der Waals surface area contributed by atoms with Crippen molar-refractivity contribution in [2.75, 3.05) is 25.5 Å². The maximum Gasteiger partial charge on any atom is 0.418 e. The summed E-state index contributed by atoms with van der Waals surface area (Å²) in [5.41, 5.74) is 4.00. The lowest BCUT2D eigenvalue weighted by atomic mass is 9.71. The van der Waals surface area contributed by atoms with E-state index in [0.29, 0.717) is 41.7 Å². The highest BCUT2D eigenvalue weighted by Gasteiger charge is 2.36. The maximum absolute atomic E-state index is 14.2. The lowest BCUT2D eigenvalue weighted by Gasteiger charge is -2.35. The number of alkyl halides is 3. The highest BCUT2D eigenvalue weighted by atomic mass is 19.4. The Morgan fingerprint density at radius 1 is 1.02 bits per heavy atom. The molecule has 1 aliphatic carbocycles. The van der Waals surface area contributed by atoms with Crippen molar-refractivity contribution in [2.24, 2.45) is 11.8 Å². The molecular formula is C37H41F3N6O. The van der Waals surface area contributed by atoms with Gasteiger partial charge in [-0.1, -0.05) is 37.6 Å². The van der Waals surface area contributed by atoms with Gasteiger partial charge in [-0.3, -0.25) is 14.6 Å². The van der Waals surface area contributed by atoms with Crippen LogP contribution >= 0.6 is 0 Å². The van der Waals surface area contributed by atoms with E-state index in [2.05, 4.69) is 33.3 Å². The number of anilines is 1. The third kappa shape index (κ3) is 7.62. The number of nitriles is 1. The second-order valence-corrected chi connectivity index (χ2v) is 13.0. The van der Waals surface area contributed by atoms with Crippen molar-refractivity contribution in [1.82, 2.24) is 19.7 Å². The summed E-state index contributed by atoms with van der Waals surface area (Å²) in [6, 6.07) is 19.2. The number of pyridine rings is 1. The minimum absolute atomic E-state index is 0.0291. The first-order chi connectivity index (χ1) is 22.7. The Balaban J connectivity index is 1.24. The highest BCUT2D eigenvalue weighted by Crippen LogP contribution is 2.45. The van der Waals surface area contributed by atoms with Crippen LogP contribution in [0.15, 0.2) is 67.0 Å². The summed E-state index contributed by atoms with van der Waals surface area (Å²) in [6.07, 6.45) is 4.10. The number of nitrogens with one attached hydrogen (secondary N) is 1. The molecule has 2 aromatic heterocycles. The molecule has 10 heteroatoms. The van der Waals surface area contributed by atoms with E-state index < -0.39 is 11.7 Å². The standard InChI is InChI=1S/C37H41F3N6O/c1-25-6-5-15-45(22-25)23-27-16-33(37(38,39)40)34(43-19-27)21-42-31-10-4-9-29(17-31)35(28-7-3-8-28)36-30(18-41)20-44-46(36)24-26-11-13-32(47-2)14-12-26/h4,9-14,16-17,19-20,25,28,35,42H,3,5-8,15,21-24H2,1-2H3/t25-,35?/m0/s1. The van der Waals surface area contributed by atoms with E-state index in [-0.39, 0.29) is 18.2 Å².